The van der Waals surface area contributed by atoms with Crippen LogP contribution < -0.4 is 5.32 Å². The predicted octanol–water partition coefficient (Wildman–Crippen LogP) is 2.32. The van der Waals surface area contributed by atoms with Gasteiger partial charge in [-0.2, -0.15) is 27.8 Å². The number of hydrogen-bond acceptors (Lipinski definition) is 6. The molecular formula is C17H23F3N6O. The number of aromatic nitrogens is 4. The van der Waals surface area contributed by atoms with Gasteiger partial charge in [0.15, 0.2) is 5.69 Å². The Morgan fingerprint density at radius 3 is 2.56 bits per heavy atom. The molecule has 2 aromatic rings. The minimum absolute atomic E-state index is 0.0397. The van der Waals surface area contributed by atoms with Gasteiger partial charge >= 0.3 is 6.18 Å². The molecule has 2 atom stereocenters. The molecular weight excluding hydrogens is 361 g/mol. The predicted molar refractivity (Wildman–Crippen MR) is 92.3 cm³/mol. The molecule has 0 amide bonds. The Morgan fingerprint density at radius 2 is 1.85 bits per heavy atom. The lowest BCUT2D eigenvalue weighted by atomic mass is 9.89. The Bertz CT molecular complexity index is 787. The lowest BCUT2D eigenvalue weighted by Crippen LogP contribution is -2.50. The van der Waals surface area contributed by atoms with E-state index in [0.29, 0.717) is 0 Å². The van der Waals surface area contributed by atoms with E-state index in [9.17, 15) is 18.3 Å². The van der Waals surface area contributed by atoms with Crippen molar-refractivity contribution >= 4 is 11.6 Å². The SMILES string of the molecule is OC1CCCCC1N1CCC(Nc2cc(C(F)(F)F)nc3ncnn23)CC1. The molecule has 1 aliphatic carbocycles. The van der Waals surface area contributed by atoms with Crippen LogP contribution in [-0.2, 0) is 6.18 Å². The first kappa shape index (κ1) is 18.4. The molecule has 2 fully saturated rings. The number of anilines is 1. The molecule has 1 aliphatic heterocycles. The normalized spacial score (nSPS) is 25.8. The second-order valence-corrected chi connectivity index (χ2v) is 7.37. The first-order valence-electron chi connectivity index (χ1n) is 9.38. The zero-order chi connectivity index (χ0) is 19.0. The van der Waals surface area contributed by atoms with Gasteiger partial charge in [0.2, 0.25) is 0 Å². The van der Waals surface area contributed by atoms with Gasteiger partial charge in [-0.1, -0.05) is 12.8 Å². The molecule has 0 aromatic carbocycles. The first-order valence-corrected chi connectivity index (χ1v) is 9.38. The van der Waals surface area contributed by atoms with Crippen LogP contribution in [0, 0.1) is 0 Å². The Labute approximate surface area is 154 Å². The van der Waals surface area contributed by atoms with Crippen molar-refractivity contribution in [3.05, 3.63) is 18.1 Å². The number of aliphatic hydroxyl groups excluding tert-OH is 1. The number of alkyl halides is 3. The lowest BCUT2D eigenvalue weighted by Gasteiger charge is -2.41. The van der Waals surface area contributed by atoms with Crippen molar-refractivity contribution in [2.24, 2.45) is 0 Å². The molecule has 1 saturated carbocycles. The molecule has 2 aromatic heterocycles. The van der Waals surface area contributed by atoms with Crippen LogP contribution in [0.25, 0.3) is 5.78 Å². The second-order valence-electron chi connectivity index (χ2n) is 7.37. The van der Waals surface area contributed by atoms with Gasteiger partial charge in [0.1, 0.15) is 12.1 Å². The van der Waals surface area contributed by atoms with E-state index in [4.69, 9.17) is 0 Å². The highest BCUT2D eigenvalue weighted by molar-refractivity contribution is 5.46. The minimum Gasteiger partial charge on any atom is -0.391 e. The van der Waals surface area contributed by atoms with Crippen LogP contribution in [0.4, 0.5) is 19.0 Å². The molecule has 0 spiro atoms. The zero-order valence-electron chi connectivity index (χ0n) is 14.9. The monoisotopic (exact) mass is 384 g/mol. The van der Waals surface area contributed by atoms with Crippen molar-refractivity contribution in [3.63, 3.8) is 0 Å². The lowest BCUT2D eigenvalue weighted by molar-refractivity contribution is -0.141. The maximum Gasteiger partial charge on any atom is 0.433 e. The highest BCUT2D eigenvalue weighted by Gasteiger charge is 2.35. The third kappa shape index (κ3) is 3.86. The Kier molecular flexibility index (Phi) is 4.94. The molecule has 2 unspecified atom stereocenters. The van der Waals surface area contributed by atoms with E-state index in [1.165, 1.54) is 10.8 Å². The molecule has 0 radical (unpaired) electrons. The van der Waals surface area contributed by atoms with E-state index in [0.717, 1.165) is 57.7 Å². The summed E-state index contributed by atoms with van der Waals surface area (Å²) >= 11 is 0. The van der Waals surface area contributed by atoms with E-state index in [2.05, 4.69) is 25.3 Å². The van der Waals surface area contributed by atoms with Crippen LogP contribution in [0.2, 0.25) is 0 Å². The van der Waals surface area contributed by atoms with E-state index >= 15 is 0 Å². The number of rotatable bonds is 3. The Hall–Kier alpha value is -1.94. The summed E-state index contributed by atoms with van der Waals surface area (Å²) in [5, 5.41) is 17.4. The number of nitrogens with zero attached hydrogens (tertiary/aromatic N) is 5. The summed E-state index contributed by atoms with van der Waals surface area (Å²) in [6, 6.07) is 1.23. The molecule has 2 aliphatic rings. The van der Waals surface area contributed by atoms with Gasteiger partial charge in [0.05, 0.1) is 6.10 Å². The van der Waals surface area contributed by atoms with Gasteiger partial charge in [-0.15, -0.1) is 0 Å². The van der Waals surface area contributed by atoms with E-state index < -0.39 is 11.9 Å². The molecule has 10 heteroatoms. The van der Waals surface area contributed by atoms with Crippen LogP contribution in [0.1, 0.15) is 44.2 Å². The van der Waals surface area contributed by atoms with Crippen LogP contribution in [0.3, 0.4) is 0 Å². The fourth-order valence-electron chi connectivity index (χ4n) is 4.16. The van der Waals surface area contributed by atoms with Crippen LogP contribution in [0.15, 0.2) is 12.4 Å². The maximum absolute atomic E-state index is 13.1. The largest absolute Gasteiger partial charge is 0.433 e. The number of nitrogens with one attached hydrogen (secondary N) is 1. The standard InChI is InChI=1S/C17H23F3N6O/c18-17(19,20)14-9-15(26-16(24-14)21-10-22-26)23-11-5-7-25(8-6-11)12-3-1-2-4-13(12)27/h9-13,23,27H,1-8H2. The van der Waals surface area contributed by atoms with Crippen molar-refractivity contribution < 1.29 is 18.3 Å². The molecule has 1 saturated heterocycles. The van der Waals surface area contributed by atoms with Gasteiger partial charge in [-0.3, -0.25) is 4.90 Å². The molecule has 0 bridgehead atoms. The van der Waals surface area contributed by atoms with Crippen molar-refractivity contribution in [3.8, 4) is 0 Å². The summed E-state index contributed by atoms with van der Waals surface area (Å²) in [4.78, 5) is 9.64. The maximum atomic E-state index is 13.1. The van der Waals surface area contributed by atoms with Gasteiger partial charge in [-0.25, -0.2) is 4.98 Å². The van der Waals surface area contributed by atoms with Crippen LogP contribution >= 0.6 is 0 Å². The summed E-state index contributed by atoms with van der Waals surface area (Å²) in [6.07, 6.45) is 2.06. The Morgan fingerprint density at radius 1 is 1.11 bits per heavy atom. The zero-order valence-corrected chi connectivity index (χ0v) is 14.9. The molecule has 2 N–H and O–H groups in total. The van der Waals surface area contributed by atoms with Crippen LogP contribution in [-0.4, -0.2) is 60.9 Å². The minimum atomic E-state index is -4.54. The number of likely N-dealkylation sites (tertiary alicyclic amines) is 1. The van der Waals surface area contributed by atoms with Gasteiger partial charge in [0, 0.05) is 31.2 Å². The highest BCUT2D eigenvalue weighted by Crippen LogP contribution is 2.31. The van der Waals surface area contributed by atoms with Gasteiger partial charge < -0.3 is 10.4 Å². The van der Waals surface area contributed by atoms with Crippen molar-refractivity contribution in [1.29, 1.82) is 0 Å². The summed E-state index contributed by atoms with van der Waals surface area (Å²) in [5.74, 6) is 0.177. The van der Waals surface area contributed by atoms with Gasteiger partial charge in [0.25, 0.3) is 5.78 Å². The van der Waals surface area contributed by atoms with Crippen molar-refractivity contribution in [2.45, 2.75) is 62.9 Å². The van der Waals surface area contributed by atoms with Crippen molar-refractivity contribution in [2.75, 3.05) is 18.4 Å². The summed E-state index contributed by atoms with van der Waals surface area (Å²) in [7, 11) is 0. The number of aliphatic hydroxyl groups is 1. The number of hydrogen-bond donors (Lipinski definition) is 2. The first-order chi connectivity index (χ1) is 12.9. The molecule has 7 nitrogen and oxygen atoms in total. The molecule has 148 valence electrons. The third-order valence-corrected chi connectivity index (χ3v) is 5.59. The summed E-state index contributed by atoms with van der Waals surface area (Å²) < 4.78 is 40.6. The second kappa shape index (κ2) is 7.23. The average Bonchev–Trinajstić information content (AvgIpc) is 3.11. The number of fused-ring (bicyclic) bond motifs is 1. The summed E-state index contributed by atoms with van der Waals surface area (Å²) in [5.41, 5.74) is -0.978. The number of piperidine rings is 1. The average molecular weight is 384 g/mol. The highest BCUT2D eigenvalue weighted by atomic mass is 19.4. The van der Waals surface area contributed by atoms with E-state index in [1.807, 2.05) is 0 Å². The topological polar surface area (TPSA) is 78.6 Å². The summed E-state index contributed by atoms with van der Waals surface area (Å²) in [6.45, 7) is 1.63. The fraction of sp³-hybridized carbons (Fsp3) is 0.706. The van der Waals surface area contributed by atoms with Gasteiger partial charge in [-0.05, 0) is 25.7 Å². The fourth-order valence-corrected chi connectivity index (χ4v) is 4.16. The number of halogens is 3. The van der Waals surface area contributed by atoms with Crippen LogP contribution in [0.5, 0.6) is 0 Å². The Balaban J connectivity index is 1.45. The smallest absolute Gasteiger partial charge is 0.391 e. The molecule has 4 rings (SSSR count). The molecule has 27 heavy (non-hydrogen) atoms. The third-order valence-electron chi connectivity index (χ3n) is 5.59. The van der Waals surface area contributed by atoms with Crippen molar-refractivity contribution in [1.82, 2.24) is 24.5 Å². The van der Waals surface area contributed by atoms with E-state index in [-0.39, 0.29) is 29.8 Å². The quantitative estimate of drug-likeness (QED) is 0.846. The molecule has 3 heterocycles. The van der Waals surface area contributed by atoms with E-state index in [1.54, 1.807) is 0 Å².